The fourth-order valence-corrected chi connectivity index (χ4v) is 5.09. The minimum Gasteiger partial charge on any atom is -0.467 e. The summed E-state index contributed by atoms with van der Waals surface area (Å²) < 4.78 is 50.2. The van der Waals surface area contributed by atoms with Gasteiger partial charge in [-0.05, 0) is 55.5 Å². The quantitative estimate of drug-likeness (QED) is 0.184. The number of nitrogens with zero attached hydrogens (tertiary/aromatic N) is 3. The second-order valence-electron chi connectivity index (χ2n) is 9.14. The van der Waals surface area contributed by atoms with Gasteiger partial charge in [0, 0.05) is 17.7 Å². The number of carbonyl (C=O) groups excluding carboxylic acids is 2. The number of benzene rings is 2. The van der Waals surface area contributed by atoms with Gasteiger partial charge in [0.25, 0.3) is 0 Å². The van der Waals surface area contributed by atoms with Crippen LogP contribution >= 0.6 is 11.8 Å². The number of amides is 2. The Morgan fingerprint density at radius 1 is 1.10 bits per heavy atom. The van der Waals surface area contributed by atoms with E-state index in [9.17, 15) is 22.8 Å². The second kappa shape index (κ2) is 11.9. The third-order valence-electron chi connectivity index (χ3n) is 6.05. The van der Waals surface area contributed by atoms with Crippen molar-refractivity contribution in [3.05, 3.63) is 102 Å². The van der Waals surface area contributed by atoms with Gasteiger partial charge < -0.3 is 14.2 Å². The third kappa shape index (κ3) is 6.95. The molecule has 1 unspecified atom stereocenters. The Hall–Kier alpha value is -4.58. The number of nitrogens with one attached hydrogen (secondary N) is 1. The molecule has 1 atom stereocenters. The lowest BCUT2D eigenvalue weighted by molar-refractivity contribution is -0.137. The van der Waals surface area contributed by atoms with Gasteiger partial charge in [-0.15, -0.1) is 5.10 Å². The second-order valence-corrected chi connectivity index (χ2v) is 10.3. The van der Waals surface area contributed by atoms with Crippen molar-refractivity contribution in [2.24, 2.45) is 10.2 Å². The molecule has 12 heteroatoms. The van der Waals surface area contributed by atoms with Crippen LogP contribution in [0.5, 0.6) is 0 Å². The first-order chi connectivity index (χ1) is 19.7. The molecule has 5 rings (SSSR count). The van der Waals surface area contributed by atoms with Crippen LogP contribution in [0.4, 0.5) is 18.9 Å². The van der Waals surface area contributed by atoms with E-state index in [0.717, 1.165) is 29.5 Å². The first-order valence-electron chi connectivity index (χ1n) is 12.4. The van der Waals surface area contributed by atoms with Gasteiger partial charge in [-0.2, -0.15) is 18.3 Å². The number of hydrogen-bond acceptors (Lipinski definition) is 7. The number of aryl methyl sites for hydroxylation is 1. The van der Waals surface area contributed by atoms with Gasteiger partial charge in [0.15, 0.2) is 5.17 Å². The summed E-state index contributed by atoms with van der Waals surface area (Å²) in [5.41, 5.74) is 1.17. The van der Waals surface area contributed by atoms with E-state index in [1.54, 1.807) is 30.3 Å². The van der Waals surface area contributed by atoms with E-state index in [1.807, 2.05) is 19.1 Å². The van der Waals surface area contributed by atoms with Crippen LogP contribution in [0.1, 0.15) is 29.1 Å². The number of rotatable bonds is 8. The molecule has 2 aromatic carbocycles. The minimum absolute atomic E-state index is 0.0761. The lowest BCUT2D eigenvalue weighted by Crippen LogP contribution is -2.33. The van der Waals surface area contributed by atoms with Gasteiger partial charge in [0.1, 0.15) is 22.5 Å². The average Bonchev–Trinajstić information content (AvgIpc) is 3.69. The first-order valence-corrected chi connectivity index (χ1v) is 13.3. The summed E-state index contributed by atoms with van der Waals surface area (Å²) in [4.78, 5) is 27.3. The maximum absolute atomic E-state index is 13.2. The van der Waals surface area contributed by atoms with Crippen LogP contribution in [-0.4, -0.2) is 33.3 Å². The van der Waals surface area contributed by atoms with Gasteiger partial charge in [-0.1, -0.05) is 41.6 Å². The lowest BCUT2D eigenvalue weighted by Gasteiger charge is -2.14. The summed E-state index contributed by atoms with van der Waals surface area (Å²) in [7, 11) is 0. The van der Waals surface area contributed by atoms with Gasteiger partial charge in [0.2, 0.25) is 11.8 Å². The first kappa shape index (κ1) is 28.0. The van der Waals surface area contributed by atoms with E-state index in [0.29, 0.717) is 11.4 Å². The number of thioether (sulfide) groups is 1. The maximum atomic E-state index is 13.2. The summed E-state index contributed by atoms with van der Waals surface area (Å²) >= 11 is 1.10. The molecule has 1 N–H and O–H groups in total. The largest absolute Gasteiger partial charge is 0.467 e. The van der Waals surface area contributed by atoms with Crippen LogP contribution in [0.2, 0.25) is 0 Å². The van der Waals surface area contributed by atoms with E-state index >= 15 is 0 Å². The van der Waals surface area contributed by atoms with Crippen molar-refractivity contribution in [3.8, 4) is 11.3 Å². The Morgan fingerprint density at radius 3 is 2.63 bits per heavy atom. The standard InChI is InChI=1S/C29H23F3N4O4S/c1-18-7-9-21(10-8-18)34-26(37)15-25-27(38)36(17-23-6-3-13-39-23)28(41-25)35-33-16-22-11-12-24(40-22)19-4-2-5-20(14-19)29(30,31)32/h2-14,16,25H,15,17H2,1H3,(H,34,37)/b33-16+,35-28-. The highest BCUT2D eigenvalue weighted by Gasteiger charge is 2.40. The van der Waals surface area contributed by atoms with Gasteiger partial charge in [-0.3, -0.25) is 14.5 Å². The number of alkyl halides is 3. The molecular weight excluding hydrogens is 557 g/mol. The van der Waals surface area contributed by atoms with E-state index in [4.69, 9.17) is 8.83 Å². The molecule has 41 heavy (non-hydrogen) atoms. The van der Waals surface area contributed by atoms with Crippen LogP contribution in [0.3, 0.4) is 0 Å². The zero-order chi connectivity index (χ0) is 29.0. The maximum Gasteiger partial charge on any atom is 0.416 e. The normalized spacial score (nSPS) is 16.7. The third-order valence-corrected chi connectivity index (χ3v) is 7.22. The lowest BCUT2D eigenvalue weighted by atomic mass is 10.1. The number of halogens is 3. The predicted octanol–water partition coefficient (Wildman–Crippen LogP) is 6.73. The van der Waals surface area contributed by atoms with Crippen LogP contribution in [0.15, 0.2) is 98.1 Å². The molecule has 0 saturated carbocycles. The zero-order valence-electron chi connectivity index (χ0n) is 21.6. The van der Waals surface area contributed by atoms with Crippen molar-refractivity contribution in [3.63, 3.8) is 0 Å². The fraction of sp³-hybridized carbons (Fsp3) is 0.172. The molecule has 8 nitrogen and oxygen atoms in total. The summed E-state index contributed by atoms with van der Waals surface area (Å²) in [5.74, 6) is 0.374. The monoisotopic (exact) mass is 580 g/mol. The van der Waals surface area contributed by atoms with Crippen LogP contribution < -0.4 is 5.32 Å². The number of furan rings is 2. The van der Waals surface area contributed by atoms with E-state index in [-0.39, 0.29) is 47.0 Å². The van der Waals surface area contributed by atoms with Crippen LogP contribution in [0.25, 0.3) is 11.3 Å². The summed E-state index contributed by atoms with van der Waals surface area (Å²) in [5, 5.41) is 10.6. The Morgan fingerprint density at radius 2 is 1.90 bits per heavy atom. The van der Waals surface area contributed by atoms with Gasteiger partial charge in [-0.25, -0.2) is 0 Å². The van der Waals surface area contributed by atoms with Crippen molar-refractivity contribution in [2.75, 3.05) is 5.32 Å². The molecule has 210 valence electrons. The topological polar surface area (TPSA) is 100 Å². The zero-order valence-corrected chi connectivity index (χ0v) is 22.4. The molecule has 0 radical (unpaired) electrons. The molecule has 1 saturated heterocycles. The highest BCUT2D eigenvalue weighted by Crippen LogP contribution is 2.33. The molecule has 4 aromatic rings. The molecular formula is C29H23F3N4O4S. The number of anilines is 1. The smallest absolute Gasteiger partial charge is 0.416 e. The Bertz CT molecular complexity index is 1590. The van der Waals surface area contributed by atoms with Crippen molar-refractivity contribution >= 4 is 40.6 Å². The molecule has 2 amide bonds. The van der Waals surface area contributed by atoms with Crippen LogP contribution in [-0.2, 0) is 22.3 Å². The highest BCUT2D eigenvalue weighted by molar-refractivity contribution is 8.15. The van der Waals surface area contributed by atoms with Gasteiger partial charge >= 0.3 is 6.18 Å². The number of carbonyl (C=O) groups is 2. The Balaban J connectivity index is 1.30. The van der Waals surface area contributed by atoms with E-state index in [1.165, 1.54) is 35.6 Å². The predicted molar refractivity (Wildman–Crippen MR) is 149 cm³/mol. The molecule has 1 fully saturated rings. The summed E-state index contributed by atoms with van der Waals surface area (Å²) in [6.07, 6.45) is -1.77. The average molecular weight is 581 g/mol. The molecule has 2 aromatic heterocycles. The van der Waals surface area contributed by atoms with Crippen molar-refractivity contribution in [1.82, 2.24) is 4.90 Å². The van der Waals surface area contributed by atoms with Crippen LogP contribution in [0, 0.1) is 6.92 Å². The number of amidine groups is 1. The molecule has 0 spiro atoms. The molecule has 0 aliphatic carbocycles. The van der Waals surface area contributed by atoms with E-state index < -0.39 is 17.0 Å². The minimum atomic E-state index is -4.47. The fourth-order valence-electron chi connectivity index (χ4n) is 4.00. The molecule has 0 bridgehead atoms. The SMILES string of the molecule is Cc1ccc(NC(=O)CC2S/C(=N\N=C\c3ccc(-c4cccc(C(F)(F)F)c4)o3)N(Cc3ccco3)C2=O)cc1. The number of hydrogen-bond donors (Lipinski definition) is 1. The molecule has 3 heterocycles. The molecule has 1 aliphatic heterocycles. The summed E-state index contributed by atoms with van der Waals surface area (Å²) in [6.45, 7) is 2.04. The van der Waals surface area contributed by atoms with Crippen molar-refractivity contribution < 1.29 is 31.6 Å². The Labute approximate surface area is 236 Å². The van der Waals surface area contributed by atoms with Crippen molar-refractivity contribution in [2.45, 2.75) is 31.3 Å². The summed E-state index contributed by atoms with van der Waals surface area (Å²) in [6, 6.07) is 18.6. The Kier molecular flexibility index (Phi) is 8.11. The van der Waals surface area contributed by atoms with E-state index in [2.05, 4.69) is 15.5 Å². The molecule has 1 aliphatic rings. The highest BCUT2D eigenvalue weighted by atomic mass is 32.2. The van der Waals surface area contributed by atoms with Crippen molar-refractivity contribution in [1.29, 1.82) is 0 Å². The van der Waals surface area contributed by atoms with Gasteiger partial charge in [0.05, 0.1) is 24.6 Å².